The van der Waals surface area contributed by atoms with Gasteiger partial charge in [0.1, 0.15) is 6.04 Å². The summed E-state index contributed by atoms with van der Waals surface area (Å²) in [5, 5.41) is 6.65. The van der Waals surface area contributed by atoms with E-state index in [1.165, 1.54) is 0 Å². The van der Waals surface area contributed by atoms with Gasteiger partial charge in [-0.25, -0.2) is 5.14 Å². The van der Waals surface area contributed by atoms with Crippen molar-refractivity contribution in [3.05, 3.63) is 0 Å². The fourth-order valence-electron chi connectivity index (χ4n) is 1.00. The highest BCUT2D eigenvalue weighted by atomic mass is 32.2. The molecular weight excluding hydrogens is 198 g/mol. The highest BCUT2D eigenvalue weighted by molar-refractivity contribution is 7.87. The normalized spacial score (nSPS) is 24.2. The second kappa shape index (κ2) is 3.40. The van der Waals surface area contributed by atoms with E-state index < -0.39 is 28.1 Å². The molecule has 8 heteroatoms. The van der Waals surface area contributed by atoms with Crippen molar-refractivity contribution in [2.24, 2.45) is 5.14 Å². The number of hydrogen-bond acceptors (Lipinski definition) is 4. The molecule has 1 fully saturated rings. The summed E-state index contributed by atoms with van der Waals surface area (Å²) in [7, 11) is -3.90. The Morgan fingerprint density at radius 3 is 2.54 bits per heavy atom. The summed E-state index contributed by atoms with van der Waals surface area (Å²) in [5.74, 6) is -1.07. The van der Waals surface area contributed by atoms with Crippen molar-refractivity contribution in [3.8, 4) is 0 Å². The molecule has 0 aromatic heterocycles. The Morgan fingerprint density at radius 1 is 1.46 bits per heavy atom. The summed E-state index contributed by atoms with van der Waals surface area (Å²) in [5.41, 5.74) is 0. The van der Waals surface area contributed by atoms with Crippen LogP contribution < -0.4 is 15.2 Å². The Labute approximate surface area is 74.9 Å². The third kappa shape index (κ3) is 3.09. The van der Waals surface area contributed by atoms with Gasteiger partial charge in [-0.3, -0.25) is 14.9 Å². The van der Waals surface area contributed by atoms with Crippen LogP contribution in [0, 0.1) is 0 Å². The summed E-state index contributed by atoms with van der Waals surface area (Å²) < 4.78 is 23.0. The predicted octanol–water partition coefficient (Wildman–Crippen LogP) is -2.42. The van der Waals surface area contributed by atoms with Crippen LogP contribution in [0.4, 0.5) is 0 Å². The Bertz CT molecular complexity index is 336. The van der Waals surface area contributed by atoms with Gasteiger partial charge in [-0.2, -0.15) is 13.1 Å². The molecule has 1 saturated heterocycles. The van der Waals surface area contributed by atoms with Gasteiger partial charge in [-0.1, -0.05) is 0 Å². The lowest BCUT2D eigenvalue weighted by atomic mass is 10.1. The standard InChI is InChI=1S/C5H9N3O4S/c6-13(11,12)8-3-1-2-4(9)7-5(3)10/h3,8H,1-2H2,(H2,6,11,12)(H,7,9,10). The molecule has 1 rings (SSSR count). The van der Waals surface area contributed by atoms with E-state index in [0.717, 1.165) is 0 Å². The number of rotatable bonds is 2. The summed E-state index contributed by atoms with van der Waals surface area (Å²) in [6, 6.07) is -0.937. The fourth-order valence-corrected chi connectivity index (χ4v) is 1.63. The Balaban J connectivity index is 2.63. The molecule has 0 bridgehead atoms. The molecule has 1 aliphatic rings. The van der Waals surface area contributed by atoms with E-state index >= 15 is 0 Å². The largest absolute Gasteiger partial charge is 0.295 e. The molecule has 1 aliphatic heterocycles. The Morgan fingerprint density at radius 2 is 2.08 bits per heavy atom. The first-order valence-electron chi connectivity index (χ1n) is 3.52. The Kier molecular flexibility index (Phi) is 2.64. The summed E-state index contributed by atoms with van der Waals surface area (Å²) >= 11 is 0. The number of imide groups is 1. The van der Waals surface area contributed by atoms with E-state index in [-0.39, 0.29) is 12.8 Å². The second-order valence-electron chi connectivity index (χ2n) is 2.67. The molecule has 7 nitrogen and oxygen atoms in total. The average Bonchev–Trinajstić information content (AvgIpc) is 1.93. The van der Waals surface area contributed by atoms with Crippen molar-refractivity contribution in [1.29, 1.82) is 0 Å². The summed E-state index contributed by atoms with van der Waals surface area (Å²) in [6.07, 6.45) is 0.250. The monoisotopic (exact) mass is 207 g/mol. The van der Waals surface area contributed by atoms with Gasteiger partial charge in [-0.05, 0) is 6.42 Å². The van der Waals surface area contributed by atoms with Crippen LogP contribution in [0.15, 0.2) is 0 Å². The Hall–Kier alpha value is -0.990. The van der Waals surface area contributed by atoms with Gasteiger partial charge in [0.05, 0.1) is 0 Å². The molecule has 0 radical (unpaired) electrons. The van der Waals surface area contributed by atoms with Crippen LogP contribution in [0.5, 0.6) is 0 Å². The molecule has 1 heterocycles. The lowest BCUT2D eigenvalue weighted by Crippen LogP contribution is -2.53. The molecule has 13 heavy (non-hydrogen) atoms. The highest BCUT2D eigenvalue weighted by Gasteiger charge is 2.28. The van der Waals surface area contributed by atoms with Crippen molar-refractivity contribution >= 4 is 22.0 Å². The molecule has 4 N–H and O–H groups in total. The van der Waals surface area contributed by atoms with Crippen molar-refractivity contribution < 1.29 is 18.0 Å². The lowest BCUT2D eigenvalue weighted by molar-refractivity contribution is -0.134. The first kappa shape index (κ1) is 10.1. The smallest absolute Gasteiger partial charge is 0.275 e. The van der Waals surface area contributed by atoms with E-state index in [9.17, 15) is 18.0 Å². The molecule has 0 aromatic carbocycles. The molecule has 1 atom stereocenters. The van der Waals surface area contributed by atoms with Crippen LogP contribution >= 0.6 is 0 Å². The predicted molar refractivity (Wildman–Crippen MR) is 42.4 cm³/mol. The van der Waals surface area contributed by atoms with Crippen LogP contribution in [-0.4, -0.2) is 26.3 Å². The van der Waals surface area contributed by atoms with Crippen LogP contribution in [0.3, 0.4) is 0 Å². The zero-order valence-corrected chi connectivity index (χ0v) is 7.43. The molecular formula is C5H9N3O4S. The SMILES string of the molecule is NS(=O)(=O)NC1CCC(=O)NC1=O. The van der Waals surface area contributed by atoms with Gasteiger partial charge >= 0.3 is 0 Å². The lowest BCUT2D eigenvalue weighted by Gasteiger charge is -2.20. The maximum Gasteiger partial charge on any atom is 0.275 e. The second-order valence-corrected chi connectivity index (χ2v) is 3.99. The van der Waals surface area contributed by atoms with Crippen molar-refractivity contribution in [2.45, 2.75) is 18.9 Å². The van der Waals surface area contributed by atoms with E-state index in [2.05, 4.69) is 5.14 Å². The van der Waals surface area contributed by atoms with E-state index in [1.807, 2.05) is 10.0 Å². The van der Waals surface area contributed by atoms with E-state index in [1.54, 1.807) is 0 Å². The molecule has 0 aromatic rings. The van der Waals surface area contributed by atoms with Gasteiger partial charge in [0.25, 0.3) is 10.2 Å². The molecule has 1 unspecified atom stereocenters. The molecule has 0 saturated carbocycles. The van der Waals surface area contributed by atoms with Crippen LogP contribution in [0.2, 0.25) is 0 Å². The molecule has 0 spiro atoms. The zero-order chi connectivity index (χ0) is 10.1. The van der Waals surface area contributed by atoms with Gasteiger partial charge < -0.3 is 0 Å². The molecule has 0 aliphatic carbocycles. The number of carbonyl (C=O) groups excluding carboxylic acids is 2. The number of piperidine rings is 1. The third-order valence-electron chi connectivity index (χ3n) is 1.55. The minimum atomic E-state index is -3.90. The third-order valence-corrected chi connectivity index (χ3v) is 2.16. The van der Waals surface area contributed by atoms with E-state index in [0.29, 0.717) is 0 Å². The van der Waals surface area contributed by atoms with Crippen LogP contribution in [0.25, 0.3) is 0 Å². The van der Waals surface area contributed by atoms with Crippen LogP contribution in [0.1, 0.15) is 12.8 Å². The van der Waals surface area contributed by atoms with Gasteiger partial charge in [0, 0.05) is 6.42 Å². The highest BCUT2D eigenvalue weighted by Crippen LogP contribution is 2.04. The number of amides is 2. The first-order valence-corrected chi connectivity index (χ1v) is 5.07. The van der Waals surface area contributed by atoms with Gasteiger partial charge in [0.2, 0.25) is 11.8 Å². The fraction of sp³-hybridized carbons (Fsp3) is 0.600. The van der Waals surface area contributed by atoms with Crippen molar-refractivity contribution in [3.63, 3.8) is 0 Å². The summed E-state index contributed by atoms with van der Waals surface area (Å²) in [4.78, 5) is 21.6. The first-order chi connectivity index (χ1) is 5.88. The number of nitrogens with two attached hydrogens (primary N) is 1. The van der Waals surface area contributed by atoms with Gasteiger partial charge in [-0.15, -0.1) is 0 Å². The zero-order valence-electron chi connectivity index (χ0n) is 6.61. The number of carbonyl (C=O) groups is 2. The maximum atomic E-state index is 11.0. The quantitative estimate of drug-likeness (QED) is 0.437. The summed E-state index contributed by atoms with van der Waals surface area (Å²) in [6.45, 7) is 0. The molecule has 74 valence electrons. The van der Waals surface area contributed by atoms with Crippen molar-refractivity contribution in [1.82, 2.24) is 10.0 Å². The topological polar surface area (TPSA) is 118 Å². The van der Waals surface area contributed by atoms with Gasteiger partial charge in [0.15, 0.2) is 0 Å². The maximum absolute atomic E-state index is 11.0. The molecule has 2 amide bonds. The van der Waals surface area contributed by atoms with Crippen molar-refractivity contribution in [2.75, 3.05) is 0 Å². The minimum absolute atomic E-state index is 0.110. The average molecular weight is 207 g/mol. The minimum Gasteiger partial charge on any atom is -0.295 e. The number of nitrogens with one attached hydrogen (secondary N) is 2. The van der Waals surface area contributed by atoms with Crippen LogP contribution in [-0.2, 0) is 19.8 Å². The van der Waals surface area contributed by atoms with E-state index in [4.69, 9.17) is 0 Å². The number of hydrogen-bond donors (Lipinski definition) is 3.